The number of imidazole rings is 1. The largest absolute Gasteiger partial charge is 0.369 e. The monoisotopic (exact) mass is 362 g/mol. The summed E-state index contributed by atoms with van der Waals surface area (Å²) in [6, 6.07) is 9.91. The van der Waals surface area contributed by atoms with Gasteiger partial charge in [0.15, 0.2) is 5.96 Å². The number of fused-ring (bicyclic) bond motifs is 1. The quantitative estimate of drug-likeness (QED) is 0.547. The van der Waals surface area contributed by atoms with Crippen LogP contribution in [0.2, 0.25) is 0 Å². The van der Waals surface area contributed by atoms with Crippen molar-refractivity contribution in [3.8, 4) is 0 Å². The summed E-state index contributed by atoms with van der Waals surface area (Å²) in [6.07, 6.45) is 0.751. The zero-order chi connectivity index (χ0) is 15.0. The molecule has 0 amide bonds. The highest BCUT2D eigenvalue weighted by atomic mass is 79.9. The molecule has 1 atom stereocenters. The molecule has 0 bridgehead atoms. The lowest BCUT2D eigenvalue weighted by Crippen LogP contribution is -2.23. The number of benzene rings is 1. The number of hydrogen-bond acceptors (Lipinski definition) is 3. The fourth-order valence-corrected chi connectivity index (χ4v) is 3.95. The molecule has 108 valence electrons. The fraction of sp³-hybridized carbons (Fsp3) is 0.200. The van der Waals surface area contributed by atoms with Crippen LogP contribution in [0.25, 0.3) is 11.0 Å². The normalized spacial score (nSPS) is 12.7. The first-order chi connectivity index (χ1) is 10.1. The number of nitrogens with one attached hydrogen (secondary N) is 1. The minimum atomic E-state index is 0.0123. The molecule has 2 heterocycles. The summed E-state index contributed by atoms with van der Waals surface area (Å²) in [4.78, 5) is 5.94. The van der Waals surface area contributed by atoms with Crippen LogP contribution in [0.3, 0.4) is 0 Å². The molecule has 0 radical (unpaired) electrons. The molecule has 0 aliphatic carbocycles. The highest BCUT2D eigenvalue weighted by Crippen LogP contribution is 2.29. The summed E-state index contributed by atoms with van der Waals surface area (Å²) in [5.41, 5.74) is 7.51. The SMILES string of the molecule is C[C@H](Cc1nc2ccccc2n1C(=N)N)c1cc(Br)cs1. The van der Waals surface area contributed by atoms with Gasteiger partial charge < -0.3 is 5.73 Å². The molecule has 3 N–H and O–H groups in total. The molecule has 0 saturated heterocycles. The van der Waals surface area contributed by atoms with Crippen LogP contribution in [0.5, 0.6) is 0 Å². The van der Waals surface area contributed by atoms with Gasteiger partial charge >= 0.3 is 0 Å². The average Bonchev–Trinajstić information content (AvgIpc) is 3.01. The Morgan fingerprint density at radius 2 is 2.24 bits per heavy atom. The molecule has 0 saturated carbocycles. The van der Waals surface area contributed by atoms with Crippen LogP contribution < -0.4 is 5.73 Å². The third-order valence-corrected chi connectivity index (χ3v) is 5.36. The van der Waals surface area contributed by atoms with Gasteiger partial charge in [0.1, 0.15) is 5.82 Å². The van der Waals surface area contributed by atoms with Crippen molar-refractivity contribution in [2.45, 2.75) is 19.3 Å². The Labute approximate surface area is 135 Å². The molecule has 6 heteroatoms. The molecule has 4 nitrogen and oxygen atoms in total. The summed E-state index contributed by atoms with van der Waals surface area (Å²) < 4.78 is 2.84. The Bertz CT molecular complexity index is 805. The van der Waals surface area contributed by atoms with Gasteiger partial charge in [-0.2, -0.15) is 0 Å². The van der Waals surface area contributed by atoms with E-state index < -0.39 is 0 Å². The summed E-state index contributed by atoms with van der Waals surface area (Å²) >= 11 is 5.22. The minimum Gasteiger partial charge on any atom is -0.369 e. The highest BCUT2D eigenvalue weighted by molar-refractivity contribution is 9.10. The van der Waals surface area contributed by atoms with Crippen LogP contribution in [-0.2, 0) is 6.42 Å². The van der Waals surface area contributed by atoms with Gasteiger partial charge in [-0.3, -0.25) is 9.98 Å². The van der Waals surface area contributed by atoms with Crippen LogP contribution in [0.1, 0.15) is 23.5 Å². The van der Waals surface area contributed by atoms with Crippen molar-refractivity contribution in [1.82, 2.24) is 9.55 Å². The Morgan fingerprint density at radius 1 is 1.48 bits per heavy atom. The second-order valence-corrected chi connectivity index (χ2v) is 6.87. The van der Waals surface area contributed by atoms with Crippen LogP contribution >= 0.6 is 27.3 Å². The van der Waals surface area contributed by atoms with Crippen molar-refractivity contribution >= 4 is 44.3 Å². The van der Waals surface area contributed by atoms with E-state index in [-0.39, 0.29) is 5.96 Å². The molecule has 2 aromatic heterocycles. The Morgan fingerprint density at radius 3 is 2.90 bits per heavy atom. The standard InChI is InChI=1S/C15H15BrN4S/c1-9(13-7-10(16)8-21-13)6-14-19-11-4-2-3-5-12(11)20(14)15(17)18/h2-5,7-9H,6H2,1H3,(H3,17,18)/t9-/m1/s1. The van der Waals surface area contributed by atoms with Gasteiger partial charge in [-0.15, -0.1) is 11.3 Å². The van der Waals surface area contributed by atoms with Crippen molar-refractivity contribution in [2.24, 2.45) is 5.73 Å². The topological polar surface area (TPSA) is 67.7 Å². The summed E-state index contributed by atoms with van der Waals surface area (Å²) in [7, 11) is 0. The van der Waals surface area contributed by atoms with Gasteiger partial charge in [-0.1, -0.05) is 19.1 Å². The molecule has 3 aromatic rings. The van der Waals surface area contributed by atoms with Gasteiger partial charge in [0.2, 0.25) is 0 Å². The molecule has 3 rings (SSSR count). The summed E-state index contributed by atoms with van der Waals surface area (Å²) in [6.45, 7) is 2.17. The van der Waals surface area contributed by atoms with Crippen LogP contribution in [0.15, 0.2) is 40.2 Å². The third-order valence-electron chi connectivity index (χ3n) is 3.43. The first kappa shape index (κ1) is 14.3. The minimum absolute atomic E-state index is 0.0123. The number of thiophene rings is 1. The Kier molecular flexibility index (Phi) is 3.82. The van der Waals surface area contributed by atoms with Gasteiger partial charge in [-0.05, 0) is 40.0 Å². The molecule has 0 fully saturated rings. The predicted molar refractivity (Wildman–Crippen MR) is 91.2 cm³/mol. The number of nitrogens with two attached hydrogens (primary N) is 1. The fourth-order valence-electron chi connectivity index (χ4n) is 2.44. The van der Waals surface area contributed by atoms with Gasteiger partial charge in [0.05, 0.1) is 11.0 Å². The first-order valence-electron chi connectivity index (χ1n) is 6.61. The molecule has 0 spiro atoms. The van der Waals surface area contributed by atoms with E-state index in [1.165, 1.54) is 4.88 Å². The summed E-state index contributed by atoms with van der Waals surface area (Å²) in [5, 5.41) is 9.91. The lowest BCUT2D eigenvalue weighted by molar-refractivity contribution is 0.726. The van der Waals surface area contributed by atoms with Crippen molar-refractivity contribution in [2.75, 3.05) is 0 Å². The van der Waals surface area contributed by atoms with E-state index in [0.717, 1.165) is 27.8 Å². The number of hydrogen-bond donors (Lipinski definition) is 2. The number of nitrogens with zero attached hydrogens (tertiary/aromatic N) is 2. The van der Waals surface area contributed by atoms with Crippen LogP contribution in [0, 0.1) is 5.41 Å². The smallest absolute Gasteiger partial charge is 0.198 e. The molecule has 0 aliphatic rings. The second kappa shape index (κ2) is 5.61. The van der Waals surface area contributed by atoms with E-state index in [9.17, 15) is 0 Å². The third kappa shape index (κ3) is 2.73. The highest BCUT2D eigenvalue weighted by Gasteiger charge is 2.17. The molecule has 1 aromatic carbocycles. The summed E-state index contributed by atoms with van der Waals surface area (Å²) in [5.74, 6) is 1.18. The predicted octanol–water partition coefficient (Wildman–Crippen LogP) is 3.95. The van der Waals surface area contributed by atoms with Crippen LogP contribution in [0.4, 0.5) is 0 Å². The molecule has 0 aliphatic heterocycles. The first-order valence-corrected chi connectivity index (χ1v) is 8.28. The number of rotatable bonds is 3. The average molecular weight is 363 g/mol. The number of aromatic nitrogens is 2. The maximum atomic E-state index is 7.82. The van der Waals surface area contributed by atoms with Crippen LogP contribution in [-0.4, -0.2) is 15.5 Å². The Hall–Kier alpha value is -1.66. The number of halogens is 1. The second-order valence-electron chi connectivity index (χ2n) is 5.01. The molecular weight excluding hydrogens is 348 g/mol. The van der Waals surface area contributed by atoms with E-state index >= 15 is 0 Å². The van der Waals surface area contributed by atoms with E-state index in [1.54, 1.807) is 15.9 Å². The molecule has 21 heavy (non-hydrogen) atoms. The van der Waals surface area contributed by atoms with Crippen molar-refractivity contribution in [1.29, 1.82) is 5.41 Å². The maximum Gasteiger partial charge on any atom is 0.198 e. The van der Waals surface area contributed by atoms with Crippen molar-refractivity contribution < 1.29 is 0 Å². The van der Waals surface area contributed by atoms with Gasteiger partial charge in [0.25, 0.3) is 0 Å². The van der Waals surface area contributed by atoms with E-state index in [1.807, 2.05) is 24.3 Å². The van der Waals surface area contributed by atoms with E-state index in [0.29, 0.717) is 5.92 Å². The molecule has 0 unspecified atom stereocenters. The van der Waals surface area contributed by atoms with E-state index in [4.69, 9.17) is 11.1 Å². The maximum absolute atomic E-state index is 7.82. The van der Waals surface area contributed by atoms with Gasteiger partial charge in [0, 0.05) is 21.2 Å². The zero-order valence-electron chi connectivity index (χ0n) is 11.5. The molecular formula is C15H15BrN4S. The zero-order valence-corrected chi connectivity index (χ0v) is 13.9. The Balaban J connectivity index is 2.00. The van der Waals surface area contributed by atoms with Crippen molar-refractivity contribution in [3.63, 3.8) is 0 Å². The van der Waals surface area contributed by atoms with Crippen molar-refractivity contribution in [3.05, 3.63) is 50.9 Å². The number of para-hydroxylation sites is 2. The van der Waals surface area contributed by atoms with E-state index in [2.05, 4.69) is 39.3 Å². The lowest BCUT2D eigenvalue weighted by atomic mass is 10.1. The number of nitrogen functional groups attached to an aromatic ring is 1. The van der Waals surface area contributed by atoms with Gasteiger partial charge in [-0.25, -0.2) is 4.98 Å². The lowest BCUT2D eigenvalue weighted by Gasteiger charge is -2.11.